The van der Waals surface area contributed by atoms with Crippen molar-refractivity contribution in [3.05, 3.63) is 11.8 Å². The van der Waals surface area contributed by atoms with Gasteiger partial charge >= 0.3 is 6.08 Å². The Hall–Kier alpha value is -0.943. The van der Waals surface area contributed by atoms with E-state index in [4.69, 9.17) is 18.9 Å². The Morgan fingerprint density at radius 2 is 1.54 bits per heavy atom. The molecule has 0 radical (unpaired) electrons. The van der Waals surface area contributed by atoms with Crippen LogP contribution < -0.4 is 0 Å². The molecule has 0 fully saturated rings. The van der Waals surface area contributed by atoms with Crippen LogP contribution in [0.2, 0.25) is 16.6 Å². The summed E-state index contributed by atoms with van der Waals surface area (Å²) in [5.74, 6) is 2.65. The number of rotatable bonds is 13. The number of hydrogen-bond acceptors (Lipinski definition) is 4. The third-order valence-corrected chi connectivity index (χ3v) is 11.4. The molecule has 0 rings (SSSR count). The fourth-order valence-electron chi connectivity index (χ4n) is 3.72. The van der Waals surface area contributed by atoms with Gasteiger partial charge in [-0.15, -0.1) is 5.54 Å². The summed E-state index contributed by atoms with van der Waals surface area (Å²) in [7, 11) is -0.321. The summed E-state index contributed by atoms with van der Waals surface area (Å²) < 4.78 is 47.3. The van der Waals surface area contributed by atoms with E-state index in [1.54, 1.807) is 6.92 Å². The van der Waals surface area contributed by atoms with Gasteiger partial charge in [-0.2, -0.15) is 8.78 Å². The van der Waals surface area contributed by atoms with Gasteiger partial charge in [0.25, 0.3) is 0 Å². The zero-order valence-corrected chi connectivity index (χ0v) is 19.7. The van der Waals surface area contributed by atoms with Crippen LogP contribution in [0, 0.1) is 11.5 Å². The first-order chi connectivity index (χ1) is 13.1. The minimum atomic E-state index is -1.90. The van der Waals surface area contributed by atoms with Crippen LogP contribution in [-0.2, 0) is 18.9 Å². The Morgan fingerprint density at radius 1 is 0.964 bits per heavy atom. The number of methoxy groups -OCH3 is 1. The second kappa shape index (κ2) is 14.1. The van der Waals surface area contributed by atoms with Gasteiger partial charge in [-0.25, -0.2) is 0 Å². The summed E-state index contributed by atoms with van der Waals surface area (Å²) in [6.45, 7) is 15.6. The molecule has 0 bridgehead atoms. The van der Waals surface area contributed by atoms with Crippen molar-refractivity contribution in [2.75, 3.05) is 33.7 Å². The first kappa shape index (κ1) is 27.1. The molecule has 1 unspecified atom stereocenters. The molecule has 0 heterocycles. The fraction of sp³-hybridized carbons (Fsp3) is 0.810. The van der Waals surface area contributed by atoms with Crippen LogP contribution in [0.5, 0.6) is 0 Å². The third-order valence-electron chi connectivity index (χ3n) is 5.11. The van der Waals surface area contributed by atoms with E-state index in [2.05, 4.69) is 53.0 Å². The summed E-state index contributed by atoms with van der Waals surface area (Å²) in [5.41, 5.74) is 5.05. The Kier molecular flexibility index (Phi) is 13.6. The predicted molar refractivity (Wildman–Crippen MR) is 112 cm³/mol. The molecule has 0 amide bonds. The molecule has 1 atom stereocenters. The molecular weight excluding hydrogens is 382 g/mol. The first-order valence-corrected chi connectivity index (χ1v) is 12.2. The van der Waals surface area contributed by atoms with Crippen LogP contribution in [-0.4, -0.2) is 47.9 Å². The quantitative estimate of drug-likeness (QED) is 0.125. The third kappa shape index (κ3) is 8.20. The van der Waals surface area contributed by atoms with Gasteiger partial charge in [0, 0.05) is 7.11 Å². The second-order valence-electron chi connectivity index (χ2n) is 7.69. The zero-order valence-electron chi connectivity index (χ0n) is 18.7. The standard InChI is InChI=1S/C21H38F2O4Si/c1-9-19(20(21(22)23)27-15-25-13-12-24-8)26-11-10-14-28(16(2)3,17(4)5)18(6)7/h16-19H,9,11-13,15H2,1-8H3. The van der Waals surface area contributed by atoms with Crippen molar-refractivity contribution >= 4 is 8.07 Å². The van der Waals surface area contributed by atoms with Gasteiger partial charge < -0.3 is 18.9 Å². The SMILES string of the molecule is CCC(OCC#C[Si](C(C)C)(C(C)C)C(C)C)C(OCOCCOC)=C(F)F. The van der Waals surface area contributed by atoms with Gasteiger partial charge in [0.15, 0.2) is 12.6 Å². The minimum Gasteiger partial charge on any atom is -0.463 e. The average molecular weight is 421 g/mol. The lowest BCUT2D eigenvalue weighted by molar-refractivity contribution is -0.0665. The molecule has 0 aliphatic rings. The van der Waals surface area contributed by atoms with Crippen LogP contribution in [0.25, 0.3) is 0 Å². The highest BCUT2D eigenvalue weighted by molar-refractivity contribution is 6.90. The summed E-state index contributed by atoms with van der Waals surface area (Å²) in [4.78, 5) is 0. The highest BCUT2D eigenvalue weighted by Gasteiger charge is 2.41. The monoisotopic (exact) mass is 420 g/mol. The molecule has 164 valence electrons. The molecule has 0 aromatic carbocycles. The molecule has 0 aromatic rings. The zero-order chi connectivity index (χ0) is 21.7. The van der Waals surface area contributed by atoms with Gasteiger partial charge in [-0.05, 0) is 23.0 Å². The number of halogens is 2. The van der Waals surface area contributed by atoms with Gasteiger partial charge in [0.1, 0.15) is 20.8 Å². The van der Waals surface area contributed by atoms with Crippen molar-refractivity contribution in [1.82, 2.24) is 0 Å². The molecule has 0 N–H and O–H groups in total. The Balaban J connectivity index is 5.04. The summed E-state index contributed by atoms with van der Waals surface area (Å²) >= 11 is 0. The van der Waals surface area contributed by atoms with E-state index >= 15 is 0 Å². The van der Waals surface area contributed by atoms with E-state index in [1.807, 2.05) is 0 Å². The second-order valence-corrected chi connectivity index (χ2v) is 13.3. The van der Waals surface area contributed by atoms with Crippen LogP contribution in [0.4, 0.5) is 8.78 Å². The van der Waals surface area contributed by atoms with E-state index in [1.165, 1.54) is 7.11 Å². The molecule has 0 aromatic heterocycles. The Labute approximate surface area is 171 Å². The molecule has 0 spiro atoms. The molecule has 4 nitrogen and oxygen atoms in total. The number of ether oxygens (including phenoxy) is 4. The van der Waals surface area contributed by atoms with Gasteiger partial charge in [0.05, 0.1) is 13.2 Å². The van der Waals surface area contributed by atoms with Crippen molar-refractivity contribution < 1.29 is 27.7 Å². The van der Waals surface area contributed by atoms with Crippen LogP contribution in [0.3, 0.4) is 0 Å². The molecular formula is C21H38F2O4Si. The normalized spacial score (nSPS) is 12.9. The minimum absolute atomic E-state index is 0.101. The topological polar surface area (TPSA) is 36.9 Å². The molecule has 28 heavy (non-hydrogen) atoms. The van der Waals surface area contributed by atoms with E-state index in [-0.39, 0.29) is 20.0 Å². The van der Waals surface area contributed by atoms with E-state index < -0.39 is 26.0 Å². The maximum atomic E-state index is 13.3. The van der Waals surface area contributed by atoms with Crippen molar-refractivity contribution in [3.8, 4) is 11.5 Å². The summed E-state index contributed by atoms with van der Waals surface area (Å²) in [5, 5.41) is 0. The largest absolute Gasteiger partial charge is 0.463 e. The molecule has 0 aliphatic heterocycles. The average Bonchev–Trinajstić information content (AvgIpc) is 2.61. The molecule has 0 saturated carbocycles. The van der Waals surface area contributed by atoms with Crippen LogP contribution in [0.15, 0.2) is 11.8 Å². The van der Waals surface area contributed by atoms with Crippen molar-refractivity contribution in [1.29, 1.82) is 0 Å². The van der Waals surface area contributed by atoms with Gasteiger partial charge in [0.2, 0.25) is 0 Å². The van der Waals surface area contributed by atoms with Crippen LogP contribution >= 0.6 is 0 Å². The highest BCUT2D eigenvalue weighted by Crippen LogP contribution is 2.40. The molecule has 0 saturated heterocycles. The Bertz CT molecular complexity index is 498. The highest BCUT2D eigenvalue weighted by atomic mass is 28.3. The van der Waals surface area contributed by atoms with Crippen molar-refractivity contribution in [2.24, 2.45) is 0 Å². The maximum absolute atomic E-state index is 13.3. The molecule has 7 heteroatoms. The predicted octanol–water partition coefficient (Wildman–Crippen LogP) is 5.75. The lowest BCUT2D eigenvalue weighted by Gasteiger charge is -2.38. The fourth-order valence-corrected chi connectivity index (χ4v) is 8.96. The molecule has 0 aliphatic carbocycles. The van der Waals surface area contributed by atoms with Gasteiger partial charge in [-0.3, -0.25) is 0 Å². The van der Waals surface area contributed by atoms with Gasteiger partial charge in [-0.1, -0.05) is 54.4 Å². The van der Waals surface area contributed by atoms with Crippen LogP contribution in [0.1, 0.15) is 54.9 Å². The van der Waals surface area contributed by atoms with Crippen molar-refractivity contribution in [3.63, 3.8) is 0 Å². The van der Waals surface area contributed by atoms with Crippen molar-refractivity contribution in [2.45, 2.75) is 77.6 Å². The lowest BCUT2D eigenvalue weighted by atomic mass is 10.2. The van der Waals surface area contributed by atoms with E-state index in [0.29, 0.717) is 29.7 Å². The maximum Gasteiger partial charge on any atom is 0.310 e. The Morgan fingerprint density at radius 3 is 1.96 bits per heavy atom. The number of hydrogen-bond donors (Lipinski definition) is 0. The smallest absolute Gasteiger partial charge is 0.310 e. The first-order valence-electron chi connectivity index (χ1n) is 10.0. The lowest BCUT2D eigenvalue weighted by Crippen LogP contribution is -2.43. The summed E-state index contributed by atoms with van der Waals surface area (Å²) in [6.07, 6.45) is -2.39. The van der Waals surface area contributed by atoms with E-state index in [9.17, 15) is 8.78 Å². The van der Waals surface area contributed by atoms with E-state index in [0.717, 1.165) is 0 Å². The summed E-state index contributed by atoms with van der Waals surface area (Å²) in [6, 6.07) is 0.